The highest BCUT2D eigenvalue weighted by Gasteiger charge is 2.18. The van der Waals surface area contributed by atoms with Crippen molar-refractivity contribution in [1.29, 1.82) is 0 Å². The lowest BCUT2D eigenvalue weighted by molar-refractivity contribution is -0.119. The Kier molecular flexibility index (Phi) is 7.28. The molecule has 0 amide bonds. The van der Waals surface area contributed by atoms with Crippen LogP contribution in [0.5, 0.6) is 5.75 Å². The van der Waals surface area contributed by atoms with E-state index in [9.17, 15) is 9.59 Å². The highest BCUT2D eigenvalue weighted by Crippen LogP contribution is 2.21. The Morgan fingerprint density at radius 3 is 2.38 bits per heavy atom. The molecule has 0 N–H and O–H groups in total. The SMILES string of the molecule is COc1ccc(Cn2c(-c3ccc(Cl)cc3)nn(CC(=O)CCc3ccccc3C)c2=O)cc1. The van der Waals surface area contributed by atoms with Crippen molar-refractivity contribution < 1.29 is 9.53 Å². The number of carbonyl (C=O) groups is 1. The zero-order chi connectivity index (χ0) is 24.1. The molecule has 0 spiro atoms. The molecule has 0 aliphatic rings. The van der Waals surface area contributed by atoms with Gasteiger partial charge in [0.15, 0.2) is 11.6 Å². The van der Waals surface area contributed by atoms with Gasteiger partial charge in [0.1, 0.15) is 12.3 Å². The van der Waals surface area contributed by atoms with Crippen LogP contribution in [0.15, 0.2) is 77.6 Å². The number of benzene rings is 3. The van der Waals surface area contributed by atoms with E-state index in [0.717, 1.165) is 28.0 Å². The van der Waals surface area contributed by atoms with Gasteiger partial charge in [0.05, 0.1) is 13.7 Å². The molecule has 0 radical (unpaired) electrons. The third-order valence-corrected chi connectivity index (χ3v) is 6.04. The maximum absolute atomic E-state index is 13.3. The predicted octanol–water partition coefficient (Wildman–Crippen LogP) is 4.93. The second kappa shape index (κ2) is 10.5. The molecule has 0 aliphatic heterocycles. The second-order valence-corrected chi connectivity index (χ2v) is 8.61. The molecule has 0 saturated heterocycles. The van der Waals surface area contributed by atoms with Crippen molar-refractivity contribution in [3.05, 3.63) is 105 Å². The number of methoxy groups -OCH3 is 1. The number of aromatic nitrogens is 3. The van der Waals surface area contributed by atoms with Gasteiger partial charge in [-0.25, -0.2) is 9.48 Å². The number of carbonyl (C=O) groups excluding carboxylic acids is 1. The molecule has 0 saturated carbocycles. The van der Waals surface area contributed by atoms with E-state index in [4.69, 9.17) is 16.3 Å². The number of Topliss-reactive ketones (excluding diaryl/α,β-unsaturated/α-hetero) is 1. The molecule has 4 rings (SSSR count). The summed E-state index contributed by atoms with van der Waals surface area (Å²) in [5, 5.41) is 5.13. The number of hydrogen-bond acceptors (Lipinski definition) is 4. The Balaban J connectivity index is 1.60. The summed E-state index contributed by atoms with van der Waals surface area (Å²) in [6.45, 7) is 2.28. The molecular weight excluding hydrogens is 450 g/mol. The van der Waals surface area contributed by atoms with Gasteiger partial charge in [-0.3, -0.25) is 9.36 Å². The summed E-state index contributed by atoms with van der Waals surface area (Å²) in [4.78, 5) is 26.0. The fourth-order valence-electron chi connectivity index (χ4n) is 3.82. The average molecular weight is 476 g/mol. The van der Waals surface area contributed by atoms with Crippen molar-refractivity contribution in [2.24, 2.45) is 0 Å². The second-order valence-electron chi connectivity index (χ2n) is 8.17. The smallest absolute Gasteiger partial charge is 0.346 e. The largest absolute Gasteiger partial charge is 0.497 e. The minimum Gasteiger partial charge on any atom is -0.497 e. The van der Waals surface area contributed by atoms with E-state index < -0.39 is 0 Å². The third-order valence-electron chi connectivity index (χ3n) is 5.79. The highest BCUT2D eigenvalue weighted by atomic mass is 35.5. The van der Waals surface area contributed by atoms with Gasteiger partial charge in [0, 0.05) is 17.0 Å². The van der Waals surface area contributed by atoms with Crippen LogP contribution in [0.4, 0.5) is 0 Å². The molecule has 174 valence electrons. The van der Waals surface area contributed by atoms with E-state index in [2.05, 4.69) is 5.10 Å². The Labute approximate surface area is 203 Å². The first-order valence-corrected chi connectivity index (χ1v) is 11.4. The standard InChI is InChI=1S/C27H26ClN3O3/c1-19-5-3-4-6-21(19)11-14-24(32)18-31-27(33)30(17-20-7-15-25(34-2)16-8-20)26(29-31)22-9-12-23(28)13-10-22/h3-10,12-13,15-16H,11,14,17-18H2,1-2H3. The van der Waals surface area contributed by atoms with Crippen LogP contribution in [-0.2, 0) is 24.3 Å². The normalized spacial score (nSPS) is 10.9. The molecule has 6 nitrogen and oxygen atoms in total. The van der Waals surface area contributed by atoms with E-state index in [-0.39, 0.29) is 18.0 Å². The van der Waals surface area contributed by atoms with Gasteiger partial charge in [-0.15, -0.1) is 5.10 Å². The van der Waals surface area contributed by atoms with Gasteiger partial charge in [-0.1, -0.05) is 48.0 Å². The van der Waals surface area contributed by atoms with E-state index in [1.807, 2.05) is 67.6 Å². The van der Waals surface area contributed by atoms with Crippen molar-refractivity contribution in [1.82, 2.24) is 14.3 Å². The number of nitrogens with zero attached hydrogens (tertiary/aromatic N) is 3. The summed E-state index contributed by atoms with van der Waals surface area (Å²) in [6, 6.07) is 22.7. The molecule has 34 heavy (non-hydrogen) atoms. The van der Waals surface area contributed by atoms with Crippen LogP contribution in [-0.4, -0.2) is 27.2 Å². The zero-order valence-corrected chi connectivity index (χ0v) is 20.0. The lowest BCUT2D eigenvalue weighted by Crippen LogP contribution is -2.28. The van der Waals surface area contributed by atoms with Crippen molar-refractivity contribution in [2.75, 3.05) is 7.11 Å². The molecule has 1 heterocycles. The quantitative estimate of drug-likeness (QED) is 0.344. The molecule has 0 atom stereocenters. The van der Waals surface area contributed by atoms with Crippen LogP contribution in [0, 0.1) is 6.92 Å². The summed E-state index contributed by atoms with van der Waals surface area (Å²) in [5.74, 6) is 1.19. The number of halogens is 1. The lowest BCUT2D eigenvalue weighted by atomic mass is 10.0. The van der Waals surface area contributed by atoms with Crippen LogP contribution in [0.2, 0.25) is 5.02 Å². The maximum atomic E-state index is 13.3. The van der Waals surface area contributed by atoms with Gasteiger partial charge in [-0.05, 0) is 66.4 Å². The molecule has 0 aliphatic carbocycles. The summed E-state index contributed by atoms with van der Waals surface area (Å²) < 4.78 is 8.06. The summed E-state index contributed by atoms with van der Waals surface area (Å²) >= 11 is 6.05. The minimum atomic E-state index is -0.329. The monoisotopic (exact) mass is 475 g/mol. The number of hydrogen-bond donors (Lipinski definition) is 0. The zero-order valence-electron chi connectivity index (χ0n) is 19.2. The van der Waals surface area contributed by atoms with E-state index in [1.54, 1.807) is 23.8 Å². The molecule has 4 aromatic rings. The average Bonchev–Trinajstić information content (AvgIpc) is 3.14. The third kappa shape index (κ3) is 5.46. The van der Waals surface area contributed by atoms with Gasteiger partial charge < -0.3 is 4.74 Å². The van der Waals surface area contributed by atoms with Crippen molar-refractivity contribution in [3.63, 3.8) is 0 Å². The van der Waals surface area contributed by atoms with Crippen LogP contribution in [0.1, 0.15) is 23.1 Å². The minimum absolute atomic E-state index is 0.0397. The van der Waals surface area contributed by atoms with Crippen LogP contribution in [0.3, 0.4) is 0 Å². The number of rotatable bonds is 9. The first-order chi connectivity index (χ1) is 16.4. The molecule has 3 aromatic carbocycles. The summed E-state index contributed by atoms with van der Waals surface area (Å²) in [5.41, 5.74) is 3.63. The first-order valence-electron chi connectivity index (χ1n) is 11.1. The van der Waals surface area contributed by atoms with Gasteiger partial charge in [-0.2, -0.15) is 0 Å². The Bertz CT molecular complexity index is 1340. The summed E-state index contributed by atoms with van der Waals surface area (Å²) in [6.07, 6.45) is 0.982. The molecule has 0 unspecified atom stereocenters. The number of ketones is 1. The molecular formula is C27H26ClN3O3. The van der Waals surface area contributed by atoms with E-state index in [0.29, 0.717) is 30.2 Å². The number of aryl methyl sites for hydroxylation is 2. The predicted molar refractivity (Wildman–Crippen MR) is 134 cm³/mol. The van der Waals surface area contributed by atoms with Crippen LogP contribution < -0.4 is 10.4 Å². The Morgan fingerprint density at radius 1 is 1.00 bits per heavy atom. The summed E-state index contributed by atoms with van der Waals surface area (Å²) in [7, 11) is 1.61. The Hall–Kier alpha value is -3.64. The van der Waals surface area contributed by atoms with Crippen molar-refractivity contribution in [3.8, 4) is 17.1 Å². The van der Waals surface area contributed by atoms with E-state index in [1.165, 1.54) is 4.68 Å². The molecule has 0 bridgehead atoms. The number of ether oxygens (including phenoxy) is 1. The first kappa shape index (κ1) is 23.5. The van der Waals surface area contributed by atoms with Crippen molar-refractivity contribution >= 4 is 17.4 Å². The fourth-order valence-corrected chi connectivity index (χ4v) is 3.95. The Morgan fingerprint density at radius 2 is 1.71 bits per heavy atom. The molecule has 1 aromatic heterocycles. The van der Waals surface area contributed by atoms with Crippen LogP contribution in [0.25, 0.3) is 11.4 Å². The van der Waals surface area contributed by atoms with Crippen molar-refractivity contribution in [2.45, 2.75) is 32.9 Å². The maximum Gasteiger partial charge on any atom is 0.346 e. The van der Waals surface area contributed by atoms with E-state index >= 15 is 0 Å². The molecule has 0 fully saturated rings. The fraction of sp³-hybridized carbons (Fsp3) is 0.222. The molecule has 7 heteroatoms. The topological polar surface area (TPSA) is 66.1 Å². The lowest BCUT2D eigenvalue weighted by Gasteiger charge is -2.07. The highest BCUT2D eigenvalue weighted by molar-refractivity contribution is 6.30. The van der Waals surface area contributed by atoms with Gasteiger partial charge in [0.2, 0.25) is 0 Å². The van der Waals surface area contributed by atoms with Crippen LogP contribution >= 0.6 is 11.6 Å². The van der Waals surface area contributed by atoms with Gasteiger partial charge in [0.25, 0.3) is 0 Å². The van der Waals surface area contributed by atoms with Gasteiger partial charge >= 0.3 is 5.69 Å².